The molecule has 1 aromatic rings. The summed E-state index contributed by atoms with van der Waals surface area (Å²) in [5.74, 6) is -0.351. The average Bonchev–Trinajstić information content (AvgIpc) is 2.26. The molecule has 1 atom stereocenters. The number of carbonyl (C=O) groups is 1. The second-order valence-corrected chi connectivity index (χ2v) is 8.34. The molecule has 2 nitrogen and oxygen atoms in total. The Morgan fingerprint density at radius 1 is 1.35 bits per heavy atom. The van der Waals surface area contributed by atoms with Crippen molar-refractivity contribution in [2.45, 2.75) is 25.8 Å². The molecule has 0 saturated heterocycles. The van der Waals surface area contributed by atoms with Gasteiger partial charge >= 0.3 is 5.97 Å². The summed E-state index contributed by atoms with van der Waals surface area (Å²) in [6, 6.07) is 9.94. The Balaban J connectivity index is 2.98. The van der Waals surface area contributed by atoms with Crippen molar-refractivity contribution in [2.24, 2.45) is 0 Å². The fourth-order valence-electron chi connectivity index (χ4n) is 1.61. The van der Waals surface area contributed by atoms with E-state index in [9.17, 15) is 4.79 Å². The van der Waals surface area contributed by atoms with Gasteiger partial charge in [0.25, 0.3) is 9.04 Å². The summed E-state index contributed by atoms with van der Waals surface area (Å²) in [4.78, 5) is 11.5. The lowest BCUT2D eigenvalue weighted by Gasteiger charge is -2.28. The Kier molecular flexibility index (Phi) is 4.50. The van der Waals surface area contributed by atoms with E-state index in [1.54, 1.807) is 0 Å². The zero-order valence-corrected chi connectivity index (χ0v) is 11.7. The Labute approximate surface area is 104 Å². The molecular formula is C14H18O2Si. The van der Waals surface area contributed by atoms with Crippen LogP contribution in [0.15, 0.2) is 48.7 Å². The highest BCUT2D eigenvalue weighted by Crippen LogP contribution is 2.27. The Bertz CT molecular complexity index is 425. The third kappa shape index (κ3) is 4.06. The predicted octanol–water partition coefficient (Wildman–Crippen LogP) is 2.30. The van der Waals surface area contributed by atoms with Crippen molar-refractivity contribution in [3.05, 3.63) is 48.7 Å². The van der Waals surface area contributed by atoms with Gasteiger partial charge in [0.2, 0.25) is 0 Å². The van der Waals surface area contributed by atoms with E-state index in [2.05, 4.69) is 33.1 Å². The van der Waals surface area contributed by atoms with Crippen LogP contribution in [-0.4, -0.2) is 15.0 Å². The Morgan fingerprint density at radius 2 is 1.94 bits per heavy atom. The van der Waals surface area contributed by atoms with Crippen LogP contribution in [0.3, 0.4) is 0 Å². The van der Waals surface area contributed by atoms with Gasteiger partial charge in [0.05, 0.1) is 6.08 Å². The minimum atomic E-state index is -1.82. The molecular weight excluding hydrogens is 228 g/mol. The molecule has 1 rings (SSSR count). The van der Waals surface area contributed by atoms with Crippen LogP contribution in [0, 0.1) is 0 Å². The van der Waals surface area contributed by atoms with E-state index < -0.39 is 9.04 Å². The van der Waals surface area contributed by atoms with Crippen molar-refractivity contribution in [3.63, 3.8) is 0 Å². The van der Waals surface area contributed by atoms with Crippen LogP contribution in [0.2, 0.25) is 5.04 Å². The van der Waals surface area contributed by atoms with Gasteiger partial charge in [-0.2, -0.15) is 0 Å². The average molecular weight is 246 g/mol. The summed E-state index contributed by atoms with van der Waals surface area (Å²) in [5, 5.41) is 1.11. The van der Waals surface area contributed by atoms with Gasteiger partial charge in [-0.05, 0) is 10.2 Å². The fourth-order valence-corrected chi connectivity index (χ4v) is 3.97. The van der Waals surface area contributed by atoms with E-state index in [-0.39, 0.29) is 11.0 Å². The van der Waals surface area contributed by atoms with Gasteiger partial charge in [0.15, 0.2) is 0 Å². The molecule has 0 aromatic heterocycles. The largest absolute Gasteiger partial charge is 0.513 e. The number of rotatable bonds is 3. The maximum atomic E-state index is 11.5. The summed E-state index contributed by atoms with van der Waals surface area (Å²) in [6.45, 7) is 9.67. The standard InChI is InChI=1S/C14H18O2Si/c1-5-9-13(15)16-17(14(2,3)4)12-10-7-6-8-11-12/h6-11,17H,1H2,2-4H3. The molecule has 0 fully saturated rings. The van der Waals surface area contributed by atoms with E-state index in [1.807, 2.05) is 30.3 Å². The van der Waals surface area contributed by atoms with Crippen LogP contribution in [0.4, 0.5) is 0 Å². The van der Waals surface area contributed by atoms with Crippen LogP contribution in [0.1, 0.15) is 20.8 Å². The molecule has 0 saturated carbocycles. The molecule has 1 aromatic carbocycles. The summed E-state index contributed by atoms with van der Waals surface area (Å²) < 4.78 is 5.58. The first-order valence-electron chi connectivity index (χ1n) is 5.56. The van der Waals surface area contributed by atoms with Gasteiger partial charge in [-0.15, -0.1) is 5.73 Å². The Hall–Kier alpha value is -1.57. The van der Waals surface area contributed by atoms with Gasteiger partial charge in [-0.25, -0.2) is 4.79 Å². The lowest BCUT2D eigenvalue weighted by molar-refractivity contribution is -0.129. The van der Waals surface area contributed by atoms with Crippen molar-refractivity contribution >= 4 is 20.2 Å². The van der Waals surface area contributed by atoms with E-state index in [4.69, 9.17) is 4.43 Å². The van der Waals surface area contributed by atoms with Crippen LogP contribution in [-0.2, 0) is 9.22 Å². The first-order valence-corrected chi connectivity index (χ1v) is 7.19. The fraction of sp³-hybridized carbons (Fsp3) is 0.286. The van der Waals surface area contributed by atoms with Gasteiger partial charge < -0.3 is 4.43 Å². The predicted molar refractivity (Wildman–Crippen MR) is 72.7 cm³/mol. The SMILES string of the molecule is C=C=CC(=O)O[SiH](c1ccccc1)C(C)(C)C. The summed E-state index contributed by atoms with van der Waals surface area (Å²) in [7, 11) is -1.82. The molecule has 0 bridgehead atoms. The molecule has 0 radical (unpaired) electrons. The van der Waals surface area contributed by atoms with Crippen LogP contribution in [0.5, 0.6) is 0 Å². The number of benzene rings is 1. The topological polar surface area (TPSA) is 26.3 Å². The minimum Gasteiger partial charge on any atom is -0.513 e. The second kappa shape index (κ2) is 5.67. The minimum absolute atomic E-state index is 0.0218. The van der Waals surface area contributed by atoms with Crippen molar-refractivity contribution in [2.75, 3.05) is 0 Å². The zero-order valence-electron chi connectivity index (χ0n) is 10.6. The molecule has 0 N–H and O–H groups in total. The highest BCUT2D eigenvalue weighted by atomic mass is 28.3. The van der Waals surface area contributed by atoms with Gasteiger partial charge in [-0.3, -0.25) is 0 Å². The van der Waals surface area contributed by atoms with Crippen molar-refractivity contribution in [3.8, 4) is 0 Å². The first-order chi connectivity index (χ1) is 7.95. The molecule has 1 unspecified atom stereocenters. The van der Waals surface area contributed by atoms with Crippen molar-refractivity contribution in [1.29, 1.82) is 0 Å². The Morgan fingerprint density at radius 3 is 2.41 bits per heavy atom. The monoisotopic (exact) mass is 246 g/mol. The quantitative estimate of drug-likeness (QED) is 0.465. The molecule has 0 spiro atoms. The van der Waals surface area contributed by atoms with E-state index in [0.29, 0.717) is 0 Å². The first kappa shape index (κ1) is 13.5. The molecule has 0 aliphatic carbocycles. The molecule has 3 heteroatoms. The van der Waals surface area contributed by atoms with E-state index in [1.165, 1.54) is 6.08 Å². The number of hydrogen-bond donors (Lipinski definition) is 0. The molecule has 0 amide bonds. The number of hydrogen-bond acceptors (Lipinski definition) is 2. The summed E-state index contributed by atoms with van der Waals surface area (Å²) in [6.07, 6.45) is 1.24. The van der Waals surface area contributed by atoms with E-state index in [0.717, 1.165) is 5.19 Å². The van der Waals surface area contributed by atoms with Crippen LogP contribution in [0.25, 0.3) is 0 Å². The highest BCUT2D eigenvalue weighted by Gasteiger charge is 2.32. The van der Waals surface area contributed by atoms with Gasteiger partial charge in [0.1, 0.15) is 0 Å². The highest BCUT2D eigenvalue weighted by molar-refractivity contribution is 6.71. The number of carbonyl (C=O) groups excluding carboxylic acids is 1. The van der Waals surface area contributed by atoms with Crippen LogP contribution < -0.4 is 5.19 Å². The summed E-state index contributed by atoms with van der Waals surface area (Å²) in [5.41, 5.74) is 2.45. The normalized spacial score (nSPS) is 12.4. The third-order valence-corrected chi connectivity index (χ3v) is 5.37. The summed E-state index contributed by atoms with van der Waals surface area (Å²) >= 11 is 0. The van der Waals surface area contributed by atoms with E-state index >= 15 is 0 Å². The third-order valence-electron chi connectivity index (χ3n) is 2.34. The maximum absolute atomic E-state index is 11.5. The lowest BCUT2D eigenvalue weighted by Crippen LogP contribution is -2.42. The maximum Gasteiger partial charge on any atom is 0.325 e. The molecule has 0 aliphatic rings. The van der Waals surface area contributed by atoms with Gasteiger partial charge in [0, 0.05) is 0 Å². The lowest BCUT2D eigenvalue weighted by atomic mass is 10.2. The smallest absolute Gasteiger partial charge is 0.325 e. The second-order valence-electron chi connectivity index (χ2n) is 4.94. The van der Waals surface area contributed by atoms with Crippen molar-refractivity contribution in [1.82, 2.24) is 0 Å². The zero-order chi connectivity index (χ0) is 12.9. The molecule has 0 heterocycles. The molecule has 17 heavy (non-hydrogen) atoms. The van der Waals surface area contributed by atoms with Crippen LogP contribution >= 0.6 is 0 Å². The van der Waals surface area contributed by atoms with Gasteiger partial charge in [-0.1, -0.05) is 57.7 Å². The molecule has 0 aliphatic heterocycles. The molecule has 90 valence electrons. The van der Waals surface area contributed by atoms with Crippen molar-refractivity contribution < 1.29 is 9.22 Å².